The third kappa shape index (κ3) is 5.41. The number of carbonyl (C=O) groups excluding carboxylic acids is 1. The lowest BCUT2D eigenvalue weighted by atomic mass is 10.2. The van der Waals surface area contributed by atoms with Gasteiger partial charge in [-0.25, -0.2) is 8.42 Å². The number of benzene rings is 2. The van der Waals surface area contributed by atoms with Crippen LogP contribution in [0.1, 0.15) is 5.56 Å². The normalized spacial score (nSPS) is 16.5. The molecule has 2 aromatic rings. The minimum Gasteiger partial charge on any atom is -0.454 e. The maximum absolute atomic E-state index is 12.9. The smallest absolute Gasteiger partial charge is 0.243 e. The van der Waals surface area contributed by atoms with Gasteiger partial charge in [0.15, 0.2) is 11.5 Å². The van der Waals surface area contributed by atoms with E-state index in [0.717, 1.165) is 35.8 Å². The minimum absolute atomic E-state index is 0.0986. The first-order valence-corrected chi connectivity index (χ1v) is 12.3. The van der Waals surface area contributed by atoms with Crippen molar-refractivity contribution in [1.29, 1.82) is 0 Å². The molecule has 0 unspecified atom stereocenters. The second-order valence-electron chi connectivity index (χ2n) is 7.80. The van der Waals surface area contributed by atoms with E-state index in [9.17, 15) is 13.2 Å². The molecule has 1 saturated heterocycles. The summed E-state index contributed by atoms with van der Waals surface area (Å²) >= 11 is 0. The van der Waals surface area contributed by atoms with E-state index >= 15 is 0 Å². The lowest BCUT2D eigenvalue weighted by Gasteiger charge is -2.35. The molecular formula is C23H27N3O5S. The summed E-state index contributed by atoms with van der Waals surface area (Å²) in [4.78, 5) is 16.9. The Labute approximate surface area is 188 Å². The van der Waals surface area contributed by atoms with Crippen molar-refractivity contribution in [3.63, 3.8) is 0 Å². The van der Waals surface area contributed by atoms with Crippen LogP contribution in [0.2, 0.25) is 0 Å². The molecule has 4 rings (SSSR count). The Balaban J connectivity index is 1.33. The summed E-state index contributed by atoms with van der Waals surface area (Å²) in [6.07, 6.45) is 5.31. The third-order valence-electron chi connectivity index (χ3n) is 5.52. The largest absolute Gasteiger partial charge is 0.454 e. The van der Waals surface area contributed by atoms with Gasteiger partial charge in [0.1, 0.15) is 6.54 Å². The van der Waals surface area contributed by atoms with Crippen molar-refractivity contribution < 1.29 is 22.7 Å². The van der Waals surface area contributed by atoms with Crippen LogP contribution in [0.3, 0.4) is 0 Å². The lowest BCUT2D eigenvalue weighted by molar-refractivity contribution is -0.131. The maximum Gasteiger partial charge on any atom is 0.243 e. The van der Waals surface area contributed by atoms with Crippen LogP contribution in [0.25, 0.3) is 6.08 Å². The highest BCUT2D eigenvalue weighted by Crippen LogP contribution is 2.36. The summed E-state index contributed by atoms with van der Waals surface area (Å²) in [5.74, 6) is 0.819. The van der Waals surface area contributed by atoms with E-state index in [0.29, 0.717) is 30.3 Å². The van der Waals surface area contributed by atoms with Crippen molar-refractivity contribution in [2.45, 2.75) is 0 Å². The topological polar surface area (TPSA) is 79.4 Å². The number of sulfonamides is 1. The van der Waals surface area contributed by atoms with Crippen LogP contribution in [-0.2, 0) is 14.8 Å². The van der Waals surface area contributed by atoms with Gasteiger partial charge in [-0.15, -0.1) is 0 Å². The Hall–Kier alpha value is -3.04. The van der Waals surface area contributed by atoms with E-state index in [2.05, 4.69) is 29.2 Å². The Morgan fingerprint density at radius 2 is 1.75 bits per heavy atom. The molecule has 1 fully saturated rings. The molecule has 2 aliphatic heterocycles. The zero-order valence-corrected chi connectivity index (χ0v) is 18.8. The zero-order valence-electron chi connectivity index (χ0n) is 18.0. The van der Waals surface area contributed by atoms with Crippen molar-refractivity contribution >= 4 is 27.7 Å². The molecule has 1 amide bonds. The molecule has 170 valence electrons. The van der Waals surface area contributed by atoms with E-state index in [1.54, 1.807) is 23.1 Å². The monoisotopic (exact) mass is 457 g/mol. The molecule has 2 aliphatic rings. The van der Waals surface area contributed by atoms with Gasteiger partial charge in [-0.3, -0.25) is 14.0 Å². The van der Waals surface area contributed by atoms with E-state index in [4.69, 9.17) is 9.47 Å². The summed E-state index contributed by atoms with van der Waals surface area (Å²) in [6, 6.07) is 15.0. The molecule has 0 aromatic heterocycles. The Morgan fingerprint density at radius 3 is 2.47 bits per heavy atom. The van der Waals surface area contributed by atoms with Gasteiger partial charge in [0.25, 0.3) is 0 Å². The first-order valence-electron chi connectivity index (χ1n) is 10.5. The van der Waals surface area contributed by atoms with Crippen molar-refractivity contribution in [3.8, 4) is 11.5 Å². The van der Waals surface area contributed by atoms with Crippen LogP contribution < -0.4 is 13.8 Å². The molecule has 0 N–H and O–H groups in total. The van der Waals surface area contributed by atoms with Gasteiger partial charge < -0.3 is 14.4 Å². The standard InChI is InChI=1S/C23H27N3O5S/c1-32(28,29)26(20-9-10-21-22(16-20)31-18-30-21)17-23(27)25-14-12-24(13-15-25)11-5-8-19-6-3-2-4-7-19/h2-10,16H,11-15,17-18H2,1H3/b8-5+. The van der Waals surface area contributed by atoms with E-state index in [1.807, 2.05) is 18.2 Å². The van der Waals surface area contributed by atoms with E-state index < -0.39 is 10.0 Å². The van der Waals surface area contributed by atoms with Gasteiger partial charge in [-0.1, -0.05) is 42.5 Å². The summed E-state index contributed by atoms with van der Waals surface area (Å²) in [5, 5.41) is 0. The highest BCUT2D eigenvalue weighted by atomic mass is 32.2. The molecule has 32 heavy (non-hydrogen) atoms. The first-order chi connectivity index (χ1) is 15.4. The van der Waals surface area contributed by atoms with Gasteiger partial charge in [-0.2, -0.15) is 0 Å². The summed E-state index contributed by atoms with van der Waals surface area (Å²) in [5.41, 5.74) is 1.54. The van der Waals surface area contributed by atoms with Gasteiger partial charge >= 0.3 is 0 Å². The predicted molar refractivity (Wildman–Crippen MR) is 123 cm³/mol. The number of rotatable bonds is 7. The van der Waals surface area contributed by atoms with Crippen LogP contribution in [0.15, 0.2) is 54.6 Å². The lowest BCUT2D eigenvalue weighted by Crippen LogP contribution is -2.51. The second kappa shape index (κ2) is 9.62. The van der Waals surface area contributed by atoms with Crippen LogP contribution in [0.5, 0.6) is 11.5 Å². The molecule has 9 heteroatoms. The van der Waals surface area contributed by atoms with Crippen molar-refractivity contribution in [3.05, 3.63) is 60.2 Å². The predicted octanol–water partition coefficient (Wildman–Crippen LogP) is 2.04. The summed E-state index contributed by atoms with van der Waals surface area (Å²) < 4.78 is 36.6. The highest BCUT2D eigenvalue weighted by molar-refractivity contribution is 7.92. The molecule has 8 nitrogen and oxygen atoms in total. The Bertz CT molecular complexity index is 1080. The van der Waals surface area contributed by atoms with Gasteiger partial charge in [-0.05, 0) is 17.7 Å². The zero-order chi connectivity index (χ0) is 22.6. The van der Waals surface area contributed by atoms with E-state index in [-0.39, 0.29) is 19.2 Å². The van der Waals surface area contributed by atoms with Crippen molar-refractivity contribution in [2.75, 3.05) is 56.6 Å². The van der Waals surface area contributed by atoms with Crippen LogP contribution in [-0.4, -0.2) is 76.4 Å². The quantitative estimate of drug-likeness (QED) is 0.633. The van der Waals surface area contributed by atoms with Gasteiger partial charge in [0, 0.05) is 38.8 Å². The Kier molecular flexibility index (Phi) is 6.66. The fraction of sp³-hybridized carbons (Fsp3) is 0.348. The summed E-state index contributed by atoms with van der Waals surface area (Å²) in [7, 11) is -3.65. The molecule has 2 heterocycles. The van der Waals surface area contributed by atoms with Crippen molar-refractivity contribution in [2.24, 2.45) is 0 Å². The SMILES string of the molecule is CS(=O)(=O)N(CC(=O)N1CCN(C/C=C/c2ccccc2)CC1)c1ccc2c(c1)OCO2. The van der Waals surface area contributed by atoms with Crippen LogP contribution in [0.4, 0.5) is 5.69 Å². The number of ether oxygens (including phenoxy) is 2. The average molecular weight is 458 g/mol. The highest BCUT2D eigenvalue weighted by Gasteiger charge is 2.27. The molecular weight excluding hydrogens is 430 g/mol. The van der Waals surface area contributed by atoms with Crippen LogP contribution >= 0.6 is 0 Å². The number of fused-ring (bicyclic) bond motifs is 1. The van der Waals surface area contributed by atoms with Gasteiger partial charge in [0.05, 0.1) is 11.9 Å². The average Bonchev–Trinajstić information content (AvgIpc) is 3.25. The van der Waals surface area contributed by atoms with E-state index in [1.165, 1.54) is 0 Å². The van der Waals surface area contributed by atoms with Crippen LogP contribution in [0, 0.1) is 0 Å². The first kappa shape index (κ1) is 22.2. The molecule has 0 radical (unpaired) electrons. The van der Waals surface area contributed by atoms with Gasteiger partial charge in [0.2, 0.25) is 22.7 Å². The number of hydrogen-bond donors (Lipinski definition) is 0. The molecule has 0 atom stereocenters. The molecule has 0 bridgehead atoms. The summed E-state index contributed by atoms with van der Waals surface area (Å²) in [6.45, 7) is 3.28. The minimum atomic E-state index is -3.65. The van der Waals surface area contributed by atoms with Crippen molar-refractivity contribution in [1.82, 2.24) is 9.80 Å². The number of amides is 1. The second-order valence-corrected chi connectivity index (χ2v) is 9.71. The number of carbonyl (C=O) groups is 1. The maximum atomic E-state index is 12.9. The number of hydrogen-bond acceptors (Lipinski definition) is 6. The molecule has 2 aromatic carbocycles. The fourth-order valence-corrected chi connectivity index (χ4v) is 4.59. The fourth-order valence-electron chi connectivity index (χ4n) is 3.75. The third-order valence-corrected chi connectivity index (χ3v) is 6.66. The number of nitrogens with zero attached hydrogens (tertiary/aromatic N) is 3. The Morgan fingerprint density at radius 1 is 1.03 bits per heavy atom. The molecule has 0 saturated carbocycles. The number of anilines is 1. The molecule has 0 spiro atoms. The molecule has 0 aliphatic carbocycles. The number of piperazine rings is 1.